The first-order chi connectivity index (χ1) is 12.1. The van der Waals surface area contributed by atoms with Gasteiger partial charge in [-0.2, -0.15) is 0 Å². The quantitative estimate of drug-likeness (QED) is 0.583. The molecule has 140 valence electrons. The van der Waals surface area contributed by atoms with E-state index in [9.17, 15) is 17.6 Å². The van der Waals surface area contributed by atoms with Crippen molar-refractivity contribution in [2.75, 3.05) is 26.5 Å². The first-order valence-electron chi connectivity index (χ1n) is 8.63. The molecule has 1 aromatic rings. The minimum absolute atomic E-state index is 0.00470. The van der Waals surface area contributed by atoms with Gasteiger partial charge in [-0.05, 0) is 49.3 Å². The second-order valence-corrected chi connectivity index (χ2v) is 6.63. The maximum Gasteiger partial charge on any atom is 0.194 e. The molecule has 0 unspecified atom stereocenters. The Bertz CT molecular complexity index is 544. The van der Waals surface area contributed by atoms with Crippen LogP contribution >= 0.6 is 0 Å². The average Bonchev–Trinajstić information content (AvgIpc) is 2.64. The van der Waals surface area contributed by atoms with E-state index < -0.39 is 24.1 Å². The molecule has 1 aliphatic heterocycles. The number of halogens is 4. The van der Waals surface area contributed by atoms with Crippen LogP contribution in [0.3, 0.4) is 0 Å². The van der Waals surface area contributed by atoms with Crippen LogP contribution in [0.1, 0.15) is 37.2 Å². The van der Waals surface area contributed by atoms with Crippen LogP contribution < -0.4 is 0 Å². The van der Waals surface area contributed by atoms with E-state index in [-0.39, 0.29) is 30.8 Å². The van der Waals surface area contributed by atoms with Gasteiger partial charge < -0.3 is 14.2 Å². The largest absolute Gasteiger partial charge is 0.371 e. The van der Waals surface area contributed by atoms with Crippen molar-refractivity contribution in [3.8, 4) is 0 Å². The number of ether oxygens (including phenoxy) is 3. The molecule has 1 aromatic carbocycles. The second-order valence-electron chi connectivity index (χ2n) is 6.63. The lowest BCUT2D eigenvalue weighted by Gasteiger charge is -2.37. The zero-order valence-electron chi connectivity index (χ0n) is 13.9. The molecule has 2 fully saturated rings. The van der Waals surface area contributed by atoms with E-state index in [0.717, 1.165) is 37.8 Å². The molecular formula is C18H22F4O3. The van der Waals surface area contributed by atoms with Crippen LogP contribution in [0.2, 0.25) is 0 Å². The van der Waals surface area contributed by atoms with E-state index in [1.54, 1.807) is 0 Å². The van der Waals surface area contributed by atoms with Gasteiger partial charge >= 0.3 is 0 Å². The molecule has 1 saturated heterocycles. The van der Waals surface area contributed by atoms with E-state index in [1.807, 2.05) is 0 Å². The van der Waals surface area contributed by atoms with Crippen LogP contribution in [-0.2, 0) is 14.2 Å². The van der Waals surface area contributed by atoms with Gasteiger partial charge in [-0.25, -0.2) is 17.6 Å². The van der Waals surface area contributed by atoms with Gasteiger partial charge in [0.1, 0.15) is 12.8 Å². The monoisotopic (exact) mass is 362 g/mol. The van der Waals surface area contributed by atoms with Crippen LogP contribution in [-0.4, -0.2) is 38.9 Å². The fraction of sp³-hybridized carbons (Fsp3) is 0.667. The van der Waals surface area contributed by atoms with Crippen molar-refractivity contribution in [3.05, 3.63) is 35.1 Å². The van der Waals surface area contributed by atoms with Crippen molar-refractivity contribution in [2.24, 2.45) is 5.92 Å². The molecule has 0 amide bonds. The summed E-state index contributed by atoms with van der Waals surface area (Å²) in [6.07, 6.45) is 2.50. The fourth-order valence-electron chi connectivity index (χ4n) is 3.62. The van der Waals surface area contributed by atoms with Crippen LogP contribution in [0.4, 0.5) is 17.6 Å². The van der Waals surface area contributed by atoms with Crippen molar-refractivity contribution < 1.29 is 31.8 Å². The number of rotatable bonds is 5. The van der Waals surface area contributed by atoms with Gasteiger partial charge in [0.2, 0.25) is 0 Å². The molecule has 1 aliphatic carbocycles. The van der Waals surface area contributed by atoms with Crippen molar-refractivity contribution in [3.63, 3.8) is 0 Å². The molecule has 0 bridgehead atoms. The minimum Gasteiger partial charge on any atom is -0.371 e. The van der Waals surface area contributed by atoms with Gasteiger partial charge in [-0.3, -0.25) is 0 Å². The molecule has 0 atom stereocenters. The number of hydrogen-bond donors (Lipinski definition) is 0. The van der Waals surface area contributed by atoms with E-state index in [2.05, 4.69) is 0 Å². The summed E-state index contributed by atoms with van der Waals surface area (Å²) >= 11 is 0. The lowest BCUT2D eigenvalue weighted by Crippen LogP contribution is -2.42. The SMILES string of the molecule is FCCOC1COC(C2CCC(c3cc(F)c(F)c(F)c3)CC2)OC1. The predicted octanol–water partition coefficient (Wildman–Crippen LogP) is 4.11. The summed E-state index contributed by atoms with van der Waals surface area (Å²) in [6.45, 7) is 0.254. The van der Waals surface area contributed by atoms with Crippen molar-refractivity contribution in [1.82, 2.24) is 0 Å². The Balaban J connectivity index is 1.49. The first kappa shape index (κ1) is 18.6. The predicted molar refractivity (Wildman–Crippen MR) is 82.4 cm³/mol. The summed E-state index contributed by atoms with van der Waals surface area (Å²) in [5.41, 5.74) is 0.500. The molecule has 0 N–H and O–H groups in total. The Morgan fingerprint density at radius 2 is 1.56 bits per heavy atom. The number of benzene rings is 1. The topological polar surface area (TPSA) is 27.7 Å². The lowest BCUT2D eigenvalue weighted by atomic mass is 9.78. The molecule has 3 rings (SSSR count). The normalized spacial score (nSPS) is 30.4. The van der Waals surface area contributed by atoms with Gasteiger partial charge in [0.05, 0.1) is 19.8 Å². The third kappa shape index (κ3) is 4.51. The zero-order chi connectivity index (χ0) is 17.8. The first-order valence-corrected chi connectivity index (χ1v) is 8.63. The molecule has 0 radical (unpaired) electrons. The van der Waals surface area contributed by atoms with Crippen molar-refractivity contribution in [1.29, 1.82) is 0 Å². The minimum atomic E-state index is -1.43. The highest BCUT2D eigenvalue weighted by atomic mass is 19.2. The van der Waals surface area contributed by atoms with Gasteiger partial charge in [0.15, 0.2) is 23.7 Å². The Morgan fingerprint density at radius 1 is 0.960 bits per heavy atom. The van der Waals surface area contributed by atoms with E-state index >= 15 is 0 Å². The molecule has 7 heteroatoms. The van der Waals surface area contributed by atoms with Gasteiger partial charge in [0.25, 0.3) is 0 Å². The molecule has 0 aromatic heterocycles. The van der Waals surface area contributed by atoms with Crippen molar-refractivity contribution in [2.45, 2.75) is 44.0 Å². The van der Waals surface area contributed by atoms with E-state index in [4.69, 9.17) is 14.2 Å². The smallest absolute Gasteiger partial charge is 0.194 e. The number of alkyl halides is 1. The highest BCUT2D eigenvalue weighted by molar-refractivity contribution is 5.23. The summed E-state index contributed by atoms with van der Waals surface area (Å²) in [7, 11) is 0. The Hall–Kier alpha value is -1.18. The number of hydrogen-bond acceptors (Lipinski definition) is 3. The van der Waals surface area contributed by atoms with Crippen LogP contribution in [0.25, 0.3) is 0 Å². The van der Waals surface area contributed by atoms with Crippen molar-refractivity contribution >= 4 is 0 Å². The van der Waals surface area contributed by atoms with Gasteiger partial charge in [-0.1, -0.05) is 0 Å². The summed E-state index contributed by atoms with van der Waals surface area (Å²) < 4.78 is 68.6. The Kier molecular flexibility index (Phi) is 6.30. The third-order valence-corrected chi connectivity index (χ3v) is 4.96. The molecule has 25 heavy (non-hydrogen) atoms. The summed E-state index contributed by atoms with van der Waals surface area (Å²) in [4.78, 5) is 0. The Morgan fingerprint density at radius 3 is 2.12 bits per heavy atom. The molecule has 0 spiro atoms. The summed E-state index contributed by atoms with van der Waals surface area (Å²) in [5, 5.41) is 0. The molecule has 1 saturated carbocycles. The van der Waals surface area contributed by atoms with Gasteiger partial charge in [-0.15, -0.1) is 0 Å². The third-order valence-electron chi connectivity index (χ3n) is 4.96. The van der Waals surface area contributed by atoms with E-state index in [1.165, 1.54) is 0 Å². The highest BCUT2D eigenvalue weighted by Crippen LogP contribution is 2.39. The standard InChI is InChI=1S/C18H22F4O3/c19-5-6-23-14-9-24-18(25-10-14)12-3-1-11(2-4-12)13-7-15(20)17(22)16(21)8-13/h7-8,11-12,14,18H,1-6,9-10H2. The zero-order valence-corrected chi connectivity index (χ0v) is 13.9. The second kappa shape index (κ2) is 8.47. The van der Waals surface area contributed by atoms with E-state index in [0.29, 0.717) is 18.8 Å². The van der Waals surface area contributed by atoms with Crippen LogP contribution in [0, 0.1) is 23.4 Å². The molecule has 2 aliphatic rings. The maximum atomic E-state index is 13.4. The maximum absolute atomic E-state index is 13.4. The molecular weight excluding hydrogens is 340 g/mol. The average molecular weight is 362 g/mol. The summed E-state index contributed by atoms with van der Waals surface area (Å²) in [5.74, 6) is -3.50. The fourth-order valence-corrected chi connectivity index (χ4v) is 3.62. The van der Waals surface area contributed by atoms with Crippen LogP contribution in [0.15, 0.2) is 12.1 Å². The lowest BCUT2D eigenvalue weighted by molar-refractivity contribution is -0.249. The summed E-state index contributed by atoms with van der Waals surface area (Å²) in [6, 6.07) is 2.17. The molecule has 3 nitrogen and oxygen atoms in total. The Labute approximate surface area is 144 Å². The molecule has 1 heterocycles. The highest BCUT2D eigenvalue weighted by Gasteiger charge is 2.33. The van der Waals surface area contributed by atoms with Crippen LogP contribution in [0.5, 0.6) is 0 Å². The van der Waals surface area contributed by atoms with Gasteiger partial charge in [0, 0.05) is 5.92 Å².